The molecule has 0 amide bonds. The molecule has 2 N–H and O–H groups in total. The minimum Gasteiger partial charge on any atom is -0.490 e. The molecule has 0 saturated carbocycles. The van der Waals surface area contributed by atoms with Crippen molar-refractivity contribution in [2.24, 2.45) is 5.14 Å². The van der Waals surface area contributed by atoms with Gasteiger partial charge >= 0.3 is 0 Å². The first kappa shape index (κ1) is 13.3. The van der Waals surface area contributed by atoms with E-state index in [4.69, 9.17) is 9.88 Å². The van der Waals surface area contributed by atoms with Gasteiger partial charge < -0.3 is 4.74 Å². The lowest BCUT2D eigenvalue weighted by atomic mass is 9.90. The van der Waals surface area contributed by atoms with E-state index in [9.17, 15) is 12.8 Å². The Kier molecular flexibility index (Phi) is 3.59. The van der Waals surface area contributed by atoms with Gasteiger partial charge in [-0.15, -0.1) is 0 Å². The molecule has 1 unspecified atom stereocenters. The summed E-state index contributed by atoms with van der Waals surface area (Å²) in [5, 5.41) is 5.10. The Morgan fingerprint density at radius 3 is 2.83 bits per heavy atom. The van der Waals surface area contributed by atoms with Crippen LogP contribution in [0.15, 0.2) is 18.2 Å². The van der Waals surface area contributed by atoms with Gasteiger partial charge in [-0.1, -0.05) is 13.0 Å². The molecule has 1 aromatic rings. The molecule has 0 radical (unpaired) electrons. The first-order valence-electron chi connectivity index (χ1n) is 5.85. The van der Waals surface area contributed by atoms with Crippen molar-refractivity contribution in [1.82, 2.24) is 0 Å². The topological polar surface area (TPSA) is 69.4 Å². The van der Waals surface area contributed by atoms with Crippen LogP contribution < -0.4 is 9.88 Å². The van der Waals surface area contributed by atoms with Crippen molar-refractivity contribution < 1.29 is 17.5 Å². The lowest BCUT2D eigenvalue weighted by Crippen LogP contribution is -2.30. The summed E-state index contributed by atoms with van der Waals surface area (Å²) >= 11 is 0. The van der Waals surface area contributed by atoms with Gasteiger partial charge in [0.1, 0.15) is 11.6 Å². The Balaban J connectivity index is 2.37. The molecule has 1 aliphatic rings. The van der Waals surface area contributed by atoms with Gasteiger partial charge in [0.05, 0.1) is 11.9 Å². The summed E-state index contributed by atoms with van der Waals surface area (Å²) in [6, 6.07) is 4.18. The third-order valence-corrected chi connectivity index (χ3v) is 4.01. The van der Waals surface area contributed by atoms with Gasteiger partial charge in [-0.3, -0.25) is 0 Å². The lowest BCUT2D eigenvalue weighted by molar-refractivity contribution is 0.157. The van der Waals surface area contributed by atoms with Crippen molar-refractivity contribution >= 4 is 10.0 Å². The fourth-order valence-corrected chi connectivity index (χ4v) is 3.18. The highest BCUT2D eigenvalue weighted by molar-refractivity contribution is 7.89. The minimum absolute atomic E-state index is 0.0916. The minimum atomic E-state index is -3.56. The molecule has 18 heavy (non-hydrogen) atoms. The van der Waals surface area contributed by atoms with Gasteiger partial charge in [0.2, 0.25) is 10.0 Å². The fraction of sp³-hybridized carbons (Fsp3) is 0.500. The maximum absolute atomic E-state index is 13.2. The molecule has 0 bridgehead atoms. The van der Waals surface area contributed by atoms with Crippen LogP contribution in [0.2, 0.25) is 0 Å². The Hall–Kier alpha value is -1.14. The normalized spacial score (nSPS) is 23.3. The van der Waals surface area contributed by atoms with Gasteiger partial charge in [0.15, 0.2) is 0 Å². The largest absolute Gasteiger partial charge is 0.490 e. The molecule has 1 aromatic carbocycles. The second-order valence-corrected chi connectivity index (χ2v) is 6.25. The van der Waals surface area contributed by atoms with Crippen molar-refractivity contribution in [1.29, 1.82) is 0 Å². The van der Waals surface area contributed by atoms with Gasteiger partial charge in [-0.05, 0) is 24.5 Å². The van der Waals surface area contributed by atoms with Gasteiger partial charge in [0.25, 0.3) is 0 Å². The smallest absolute Gasteiger partial charge is 0.209 e. The van der Waals surface area contributed by atoms with E-state index >= 15 is 0 Å². The molecule has 0 fully saturated rings. The van der Waals surface area contributed by atoms with Crippen LogP contribution in [0, 0.1) is 5.82 Å². The summed E-state index contributed by atoms with van der Waals surface area (Å²) < 4.78 is 41.3. The lowest BCUT2D eigenvalue weighted by Gasteiger charge is -2.31. The van der Waals surface area contributed by atoms with Crippen LogP contribution in [0.3, 0.4) is 0 Å². The monoisotopic (exact) mass is 273 g/mol. The molecule has 1 heterocycles. The van der Waals surface area contributed by atoms with E-state index in [1.165, 1.54) is 12.1 Å². The number of hydrogen-bond donors (Lipinski definition) is 1. The summed E-state index contributed by atoms with van der Waals surface area (Å²) in [5.41, 5.74) is 0.718. The van der Waals surface area contributed by atoms with E-state index in [1.54, 1.807) is 6.07 Å². The Morgan fingerprint density at radius 2 is 2.22 bits per heavy atom. The maximum Gasteiger partial charge on any atom is 0.209 e. The molecule has 4 nitrogen and oxygen atoms in total. The third kappa shape index (κ3) is 3.00. The Morgan fingerprint density at radius 1 is 1.50 bits per heavy atom. The van der Waals surface area contributed by atoms with Gasteiger partial charge in [-0.2, -0.15) is 0 Å². The molecule has 0 spiro atoms. The molecule has 0 saturated heterocycles. The number of primary sulfonamides is 1. The van der Waals surface area contributed by atoms with Gasteiger partial charge in [0, 0.05) is 12.0 Å². The fourth-order valence-electron chi connectivity index (χ4n) is 2.31. The van der Waals surface area contributed by atoms with Crippen LogP contribution in [0.25, 0.3) is 0 Å². The molecule has 0 aliphatic carbocycles. The van der Waals surface area contributed by atoms with Crippen molar-refractivity contribution in [3.05, 3.63) is 29.6 Å². The van der Waals surface area contributed by atoms with Crippen LogP contribution >= 0.6 is 0 Å². The number of sulfonamides is 1. The van der Waals surface area contributed by atoms with E-state index in [1.807, 2.05) is 6.92 Å². The van der Waals surface area contributed by atoms with Crippen LogP contribution in [-0.4, -0.2) is 20.3 Å². The van der Waals surface area contributed by atoms with Crippen molar-refractivity contribution in [2.75, 3.05) is 5.75 Å². The number of halogens is 1. The van der Waals surface area contributed by atoms with Crippen LogP contribution in [0.5, 0.6) is 5.75 Å². The van der Waals surface area contributed by atoms with Crippen molar-refractivity contribution in [3.8, 4) is 5.75 Å². The highest BCUT2D eigenvalue weighted by Gasteiger charge is 2.30. The average Bonchev–Trinajstić information content (AvgIpc) is 2.25. The molecular formula is C12H16FNO3S. The zero-order chi connectivity index (χ0) is 13.3. The highest BCUT2D eigenvalue weighted by Crippen LogP contribution is 2.38. The van der Waals surface area contributed by atoms with Gasteiger partial charge in [-0.25, -0.2) is 17.9 Å². The predicted octanol–water partition coefficient (Wildman–Crippen LogP) is 1.76. The predicted molar refractivity (Wildman–Crippen MR) is 66.4 cm³/mol. The number of benzene rings is 1. The molecule has 100 valence electrons. The zero-order valence-corrected chi connectivity index (χ0v) is 10.9. The van der Waals surface area contributed by atoms with Crippen LogP contribution in [-0.2, 0) is 10.0 Å². The van der Waals surface area contributed by atoms with Crippen molar-refractivity contribution in [3.63, 3.8) is 0 Å². The number of rotatable bonds is 3. The number of hydrogen-bond acceptors (Lipinski definition) is 3. The summed E-state index contributed by atoms with van der Waals surface area (Å²) in [4.78, 5) is 0. The first-order valence-corrected chi connectivity index (χ1v) is 7.57. The maximum atomic E-state index is 13.2. The Bertz CT molecular complexity index is 544. The number of nitrogens with two attached hydrogens (primary N) is 1. The molecule has 2 atom stereocenters. The Labute approximate surface area is 106 Å². The standard InChI is InChI=1S/C12H16FNO3S/c1-2-10-5-8(7-18(14,15)16)11-4-3-9(13)6-12(11)17-10/h3-4,6,8,10H,2,5,7H2,1H3,(H2,14,15,16)/t8?,10-/m0/s1. The molecule has 2 rings (SSSR count). The van der Waals surface area contributed by atoms with Crippen LogP contribution in [0.4, 0.5) is 4.39 Å². The SMILES string of the molecule is CC[C@H]1CC(CS(N)(=O)=O)c2ccc(F)cc2O1. The average molecular weight is 273 g/mol. The first-order chi connectivity index (χ1) is 8.39. The molecular weight excluding hydrogens is 257 g/mol. The zero-order valence-electron chi connectivity index (χ0n) is 10.1. The summed E-state index contributed by atoms with van der Waals surface area (Å²) in [7, 11) is -3.56. The highest BCUT2D eigenvalue weighted by atomic mass is 32.2. The number of ether oxygens (including phenoxy) is 1. The quantitative estimate of drug-likeness (QED) is 0.912. The second kappa shape index (κ2) is 4.85. The van der Waals surface area contributed by atoms with E-state index < -0.39 is 10.0 Å². The van der Waals surface area contributed by atoms with E-state index in [-0.39, 0.29) is 23.6 Å². The molecule has 6 heteroatoms. The number of fused-ring (bicyclic) bond motifs is 1. The second-order valence-electron chi connectivity index (χ2n) is 4.59. The summed E-state index contributed by atoms with van der Waals surface area (Å²) in [6.07, 6.45) is 1.24. The van der Waals surface area contributed by atoms with E-state index in [2.05, 4.69) is 0 Å². The molecule has 0 aromatic heterocycles. The van der Waals surface area contributed by atoms with Crippen molar-refractivity contribution in [2.45, 2.75) is 31.8 Å². The van der Waals surface area contributed by atoms with E-state index in [0.29, 0.717) is 12.2 Å². The summed E-state index contributed by atoms with van der Waals surface area (Å²) in [5.74, 6) is -0.318. The third-order valence-electron chi connectivity index (χ3n) is 3.15. The molecule has 1 aliphatic heterocycles. The summed E-state index contributed by atoms with van der Waals surface area (Å²) in [6.45, 7) is 1.95. The van der Waals surface area contributed by atoms with E-state index in [0.717, 1.165) is 12.0 Å². The van der Waals surface area contributed by atoms with Crippen LogP contribution in [0.1, 0.15) is 31.2 Å².